The summed E-state index contributed by atoms with van der Waals surface area (Å²) in [7, 11) is -1.98. The Kier molecular flexibility index (Phi) is 3.62. The molecule has 1 aromatic rings. The van der Waals surface area contributed by atoms with Crippen molar-refractivity contribution in [3.8, 4) is 5.75 Å². The highest BCUT2D eigenvalue weighted by atomic mass is 32.2. The molecule has 1 fully saturated rings. The fourth-order valence-electron chi connectivity index (χ4n) is 1.84. The van der Waals surface area contributed by atoms with Crippen molar-refractivity contribution in [3.63, 3.8) is 0 Å². The first-order valence-corrected chi connectivity index (χ1v) is 7.93. The van der Waals surface area contributed by atoms with Crippen LogP contribution in [0.1, 0.15) is 39.2 Å². The van der Waals surface area contributed by atoms with Gasteiger partial charge < -0.3 is 4.74 Å². The van der Waals surface area contributed by atoms with Crippen LogP contribution in [0.25, 0.3) is 0 Å². The van der Waals surface area contributed by atoms with Crippen LogP contribution >= 0.6 is 0 Å². The van der Waals surface area contributed by atoms with Crippen LogP contribution in [0, 0.1) is 0 Å². The molecule has 0 amide bonds. The summed E-state index contributed by atoms with van der Waals surface area (Å²) in [5.74, 6) is 0.403. The van der Waals surface area contributed by atoms with Crippen LogP contribution in [-0.4, -0.2) is 21.6 Å². The maximum Gasteiger partial charge on any atom is 0.244 e. The first kappa shape index (κ1) is 14.3. The van der Waals surface area contributed by atoms with Crippen LogP contribution in [0.3, 0.4) is 0 Å². The molecule has 1 aromatic carbocycles. The highest BCUT2D eigenvalue weighted by Gasteiger charge is 2.30. The third kappa shape index (κ3) is 3.28. The second kappa shape index (κ2) is 4.80. The summed E-state index contributed by atoms with van der Waals surface area (Å²) in [6.07, 6.45) is 1.84. The first-order chi connectivity index (χ1) is 8.74. The van der Waals surface area contributed by atoms with Gasteiger partial charge in [0.1, 0.15) is 10.6 Å². The Balaban J connectivity index is 2.40. The molecule has 5 heteroatoms. The molecule has 0 bridgehead atoms. The van der Waals surface area contributed by atoms with Gasteiger partial charge in [-0.1, -0.05) is 26.8 Å². The van der Waals surface area contributed by atoms with Gasteiger partial charge in [0, 0.05) is 6.04 Å². The molecule has 4 nitrogen and oxygen atoms in total. The van der Waals surface area contributed by atoms with Crippen molar-refractivity contribution < 1.29 is 13.2 Å². The van der Waals surface area contributed by atoms with E-state index in [0.29, 0.717) is 5.75 Å². The minimum Gasteiger partial charge on any atom is -0.495 e. The molecule has 0 aliphatic heterocycles. The van der Waals surface area contributed by atoms with E-state index >= 15 is 0 Å². The van der Waals surface area contributed by atoms with E-state index in [-0.39, 0.29) is 16.4 Å². The van der Waals surface area contributed by atoms with E-state index in [9.17, 15) is 8.42 Å². The Bertz CT molecular complexity index is 569. The van der Waals surface area contributed by atoms with E-state index in [4.69, 9.17) is 4.74 Å². The van der Waals surface area contributed by atoms with Crippen molar-refractivity contribution in [2.75, 3.05) is 7.11 Å². The molecular weight excluding hydrogens is 262 g/mol. The zero-order valence-electron chi connectivity index (χ0n) is 11.9. The van der Waals surface area contributed by atoms with Crippen LogP contribution in [0.4, 0.5) is 0 Å². The van der Waals surface area contributed by atoms with Crippen molar-refractivity contribution in [2.24, 2.45) is 0 Å². The number of ether oxygens (including phenoxy) is 1. The minimum absolute atomic E-state index is 0.0422. The van der Waals surface area contributed by atoms with Crippen LogP contribution in [0.2, 0.25) is 0 Å². The third-order valence-corrected chi connectivity index (χ3v) is 4.78. The summed E-state index contributed by atoms with van der Waals surface area (Å²) < 4.78 is 32.4. The Morgan fingerprint density at radius 1 is 1.26 bits per heavy atom. The Morgan fingerprint density at radius 2 is 1.89 bits per heavy atom. The smallest absolute Gasteiger partial charge is 0.244 e. The summed E-state index contributed by atoms with van der Waals surface area (Å²) in [6.45, 7) is 6.25. The van der Waals surface area contributed by atoms with Gasteiger partial charge in [-0.2, -0.15) is 0 Å². The first-order valence-electron chi connectivity index (χ1n) is 6.45. The lowest BCUT2D eigenvalue weighted by molar-refractivity contribution is 0.400. The molecule has 0 saturated heterocycles. The molecule has 0 unspecified atom stereocenters. The molecular formula is C14H21NO3S. The van der Waals surface area contributed by atoms with Gasteiger partial charge in [-0.05, 0) is 36.0 Å². The lowest BCUT2D eigenvalue weighted by atomic mass is 9.87. The number of rotatable bonds is 4. The van der Waals surface area contributed by atoms with Crippen LogP contribution in [0.15, 0.2) is 23.1 Å². The second-order valence-electron chi connectivity index (χ2n) is 6.01. The van der Waals surface area contributed by atoms with Gasteiger partial charge in [-0.25, -0.2) is 13.1 Å². The van der Waals surface area contributed by atoms with Crippen molar-refractivity contribution in [1.82, 2.24) is 4.72 Å². The normalized spacial score (nSPS) is 16.4. The molecule has 0 atom stereocenters. The summed E-state index contributed by atoms with van der Waals surface area (Å²) in [6, 6.07) is 5.38. The monoisotopic (exact) mass is 283 g/mol. The number of methoxy groups -OCH3 is 1. The van der Waals surface area contributed by atoms with Gasteiger partial charge in [-0.15, -0.1) is 0 Å². The average molecular weight is 283 g/mol. The quantitative estimate of drug-likeness (QED) is 0.923. The highest BCUT2D eigenvalue weighted by molar-refractivity contribution is 7.89. The number of nitrogens with one attached hydrogen (secondary N) is 1. The Hall–Kier alpha value is -1.07. The molecule has 0 aromatic heterocycles. The SMILES string of the molecule is COc1cc(C(C)(C)C)ccc1S(=O)(=O)NC1CC1. The average Bonchev–Trinajstić information content (AvgIpc) is 3.10. The minimum atomic E-state index is -3.48. The highest BCUT2D eigenvalue weighted by Crippen LogP contribution is 2.32. The summed E-state index contributed by atoms with van der Waals surface area (Å²) >= 11 is 0. The van der Waals surface area contributed by atoms with Gasteiger partial charge in [-0.3, -0.25) is 0 Å². The van der Waals surface area contributed by atoms with E-state index in [2.05, 4.69) is 25.5 Å². The van der Waals surface area contributed by atoms with E-state index in [1.54, 1.807) is 6.07 Å². The lowest BCUT2D eigenvalue weighted by Crippen LogP contribution is -2.26. The van der Waals surface area contributed by atoms with Gasteiger partial charge >= 0.3 is 0 Å². The molecule has 0 spiro atoms. The standard InChI is InChI=1S/C14H21NO3S/c1-14(2,3)10-5-8-13(12(9-10)18-4)19(16,17)15-11-6-7-11/h5,8-9,11,15H,6-7H2,1-4H3. The topological polar surface area (TPSA) is 55.4 Å². The van der Waals surface area contributed by atoms with Crippen molar-refractivity contribution in [2.45, 2.75) is 50.0 Å². The number of hydrogen-bond donors (Lipinski definition) is 1. The van der Waals surface area contributed by atoms with Gasteiger partial charge in [0.15, 0.2) is 0 Å². The molecule has 1 aliphatic rings. The van der Waals surface area contributed by atoms with E-state index in [0.717, 1.165) is 18.4 Å². The van der Waals surface area contributed by atoms with Crippen LogP contribution < -0.4 is 9.46 Å². The molecule has 1 aliphatic carbocycles. The molecule has 0 heterocycles. The van der Waals surface area contributed by atoms with E-state index in [1.807, 2.05) is 12.1 Å². The maximum atomic E-state index is 12.2. The lowest BCUT2D eigenvalue weighted by Gasteiger charge is -2.21. The number of benzene rings is 1. The molecule has 106 valence electrons. The summed E-state index contributed by atoms with van der Waals surface area (Å²) in [5, 5.41) is 0. The Labute approximate surface area is 115 Å². The second-order valence-corrected chi connectivity index (χ2v) is 7.69. The van der Waals surface area contributed by atoms with Gasteiger partial charge in [0.25, 0.3) is 0 Å². The Morgan fingerprint density at radius 3 is 2.37 bits per heavy atom. The predicted octanol–water partition coefficient (Wildman–Crippen LogP) is 2.43. The van der Waals surface area contributed by atoms with E-state index < -0.39 is 10.0 Å². The molecule has 1 saturated carbocycles. The molecule has 19 heavy (non-hydrogen) atoms. The summed E-state index contributed by atoms with van der Waals surface area (Å²) in [5.41, 5.74) is 1.01. The van der Waals surface area contributed by atoms with Crippen LogP contribution in [-0.2, 0) is 15.4 Å². The zero-order valence-corrected chi connectivity index (χ0v) is 12.7. The van der Waals surface area contributed by atoms with Crippen molar-refractivity contribution in [1.29, 1.82) is 0 Å². The largest absolute Gasteiger partial charge is 0.495 e. The van der Waals surface area contributed by atoms with E-state index in [1.165, 1.54) is 7.11 Å². The summed E-state index contributed by atoms with van der Waals surface area (Å²) in [4.78, 5) is 0.218. The van der Waals surface area contributed by atoms with Gasteiger partial charge in [0.2, 0.25) is 10.0 Å². The fourth-order valence-corrected chi connectivity index (χ4v) is 3.30. The fraction of sp³-hybridized carbons (Fsp3) is 0.571. The van der Waals surface area contributed by atoms with Crippen LogP contribution in [0.5, 0.6) is 5.75 Å². The number of hydrogen-bond acceptors (Lipinski definition) is 3. The molecule has 1 N–H and O–H groups in total. The molecule has 0 radical (unpaired) electrons. The number of sulfonamides is 1. The van der Waals surface area contributed by atoms with Crippen molar-refractivity contribution in [3.05, 3.63) is 23.8 Å². The zero-order chi connectivity index (χ0) is 14.3. The maximum absolute atomic E-state index is 12.2. The third-order valence-electron chi connectivity index (χ3n) is 3.22. The molecule has 2 rings (SSSR count). The van der Waals surface area contributed by atoms with Crippen molar-refractivity contribution >= 4 is 10.0 Å². The predicted molar refractivity (Wildman–Crippen MR) is 75.0 cm³/mol. The van der Waals surface area contributed by atoms with Gasteiger partial charge in [0.05, 0.1) is 7.11 Å².